The van der Waals surface area contributed by atoms with Crippen molar-refractivity contribution >= 4 is 12.4 Å². The quantitative estimate of drug-likeness (QED) is 0.846. The van der Waals surface area contributed by atoms with Crippen molar-refractivity contribution < 1.29 is 13.9 Å². The Labute approximate surface area is 93.5 Å². The first-order valence-corrected chi connectivity index (χ1v) is 4.45. The molecule has 0 fully saturated rings. The lowest BCUT2D eigenvalue weighted by molar-refractivity contribution is 0.137. The fraction of sp³-hybridized carbons (Fsp3) is 0.400. The molecule has 0 aliphatic rings. The second-order valence-electron chi connectivity index (χ2n) is 3.14. The summed E-state index contributed by atoms with van der Waals surface area (Å²) >= 11 is 0. The van der Waals surface area contributed by atoms with Crippen molar-refractivity contribution in [3.8, 4) is 0 Å². The predicted octanol–water partition coefficient (Wildman–Crippen LogP) is 2.16. The van der Waals surface area contributed by atoms with Crippen LogP contribution >= 0.6 is 12.4 Å². The molecular weight excluding hydrogens is 224 g/mol. The van der Waals surface area contributed by atoms with Gasteiger partial charge in [0, 0.05) is 5.56 Å². The van der Waals surface area contributed by atoms with Crippen LogP contribution < -0.4 is 5.73 Å². The molecule has 0 unspecified atom stereocenters. The van der Waals surface area contributed by atoms with E-state index < -0.39 is 23.8 Å². The summed E-state index contributed by atoms with van der Waals surface area (Å²) in [5.41, 5.74) is 5.27. The van der Waals surface area contributed by atoms with E-state index in [1.54, 1.807) is 6.92 Å². The van der Waals surface area contributed by atoms with E-state index in [-0.39, 0.29) is 18.0 Å². The van der Waals surface area contributed by atoms with Crippen LogP contribution in [0.3, 0.4) is 0 Å². The zero-order chi connectivity index (χ0) is 10.7. The number of hydrogen-bond donors (Lipinski definition) is 2. The van der Waals surface area contributed by atoms with E-state index in [0.29, 0.717) is 6.42 Å². The van der Waals surface area contributed by atoms with Gasteiger partial charge >= 0.3 is 0 Å². The monoisotopic (exact) mass is 237 g/mol. The molecule has 0 radical (unpaired) electrons. The molecule has 0 aliphatic carbocycles. The Kier molecular flexibility index (Phi) is 5.72. The molecular formula is C10H14ClF2NO. The van der Waals surface area contributed by atoms with Crippen molar-refractivity contribution in [3.63, 3.8) is 0 Å². The Bertz CT molecular complexity index is 302. The van der Waals surface area contributed by atoms with Crippen molar-refractivity contribution in [1.29, 1.82) is 0 Å². The highest BCUT2D eigenvalue weighted by Crippen LogP contribution is 2.22. The smallest absolute Gasteiger partial charge is 0.131 e. The normalized spacial score (nSPS) is 14.2. The van der Waals surface area contributed by atoms with Crippen LogP contribution in [0.1, 0.15) is 24.9 Å². The van der Waals surface area contributed by atoms with Gasteiger partial charge in [0.25, 0.3) is 0 Å². The van der Waals surface area contributed by atoms with Crippen LogP contribution in [0.2, 0.25) is 0 Å². The number of halogens is 3. The van der Waals surface area contributed by atoms with Gasteiger partial charge in [-0.3, -0.25) is 0 Å². The van der Waals surface area contributed by atoms with Crippen LogP contribution in [0.25, 0.3) is 0 Å². The SMILES string of the molecule is CC[C@H](O)[C@H](N)c1c(F)cccc1F.Cl. The van der Waals surface area contributed by atoms with E-state index >= 15 is 0 Å². The molecule has 0 spiro atoms. The maximum Gasteiger partial charge on any atom is 0.131 e. The maximum atomic E-state index is 13.2. The second kappa shape index (κ2) is 6.00. The molecule has 86 valence electrons. The molecule has 0 bridgehead atoms. The highest BCUT2D eigenvalue weighted by Gasteiger charge is 2.21. The van der Waals surface area contributed by atoms with Gasteiger partial charge in [0.2, 0.25) is 0 Å². The van der Waals surface area contributed by atoms with Crippen LogP contribution in [-0.2, 0) is 0 Å². The van der Waals surface area contributed by atoms with E-state index in [9.17, 15) is 13.9 Å². The van der Waals surface area contributed by atoms with Gasteiger partial charge in [-0.1, -0.05) is 13.0 Å². The molecule has 0 heterocycles. The predicted molar refractivity (Wildman–Crippen MR) is 56.8 cm³/mol. The van der Waals surface area contributed by atoms with Crippen LogP contribution in [0, 0.1) is 11.6 Å². The zero-order valence-corrected chi connectivity index (χ0v) is 9.10. The van der Waals surface area contributed by atoms with Gasteiger partial charge in [-0.25, -0.2) is 8.78 Å². The largest absolute Gasteiger partial charge is 0.391 e. The summed E-state index contributed by atoms with van der Waals surface area (Å²) in [6.45, 7) is 1.70. The summed E-state index contributed by atoms with van der Waals surface area (Å²) in [6, 6.07) is 2.50. The van der Waals surface area contributed by atoms with Crippen molar-refractivity contribution in [3.05, 3.63) is 35.4 Å². The topological polar surface area (TPSA) is 46.2 Å². The maximum absolute atomic E-state index is 13.2. The number of aliphatic hydroxyl groups excluding tert-OH is 1. The Morgan fingerprint density at radius 1 is 1.33 bits per heavy atom. The molecule has 5 heteroatoms. The minimum Gasteiger partial charge on any atom is -0.391 e. The van der Waals surface area contributed by atoms with Crippen LogP contribution in [-0.4, -0.2) is 11.2 Å². The lowest BCUT2D eigenvalue weighted by Crippen LogP contribution is -2.27. The van der Waals surface area contributed by atoms with Crippen LogP contribution in [0.4, 0.5) is 8.78 Å². The van der Waals surface area contributed by atoms with E-state index in [0.717, 1.165) is 12.1 Å². The summed E-state index contributed by atoms with van der Waals surface area (Å²) in [5, 5.41) is 9.37. The van der Waals surface area contributed by atoms with Crippen molar-refractivity contribution in [2.45, 2.75) is 25.5 Å². The van der Waals surface area contributed by atoms with Crippen LogP contribution in [0.15, 0.2) is 18.2 Å². The van der Waals surface area contributed by atoms with Crippen molar-refractivity contribution in [2.24, 2.45) is 5.73 Å². The molecule has 2 atom stereocenters. The Hall–Kier alpha value is -0.710. The number of rotatable bonds is 3. The standard InChI is InChI=1S/C10H13F2NO.ClH/c1-2-8(14)10(13)9-6(11)4-3-5-7(9)12;/h3-5,8,10,14H,2,13H2,1H3;1H/t8-,10-;/m0./s1. The summed E-state index contributed by atoms with van der Waals surface area (Å²) in [7, 11) is 0. The first-order chi connectivity index (χ1) is 6.57. The van der Waals surface area contributed by atoms with E-state index in [2.05, 4.69) is 0 Å². The minimum atomic E-state index is -1.01. The summed E-state index contributed by atoms with van der Waals surface area (Å²) < 4.78 is 26.3. The van der Waals surface area contributed by atoms with Gasteiger partial charge in [0.05, 0.1) is 12.1 Å². The average Bonchev–Trinajstić information content (AvgIpc) is 2.16. The molecule has 0 saturated carbocycles. The molecule has 1 aromatic rings. The molecule has 1 rings (SSSR count). The summed E-state index contributed by atoms with van der Waals surface area (Å²) in [5.74, 6) is -1.44. The molecule has 0 amide bonds. The van der Waals surface area contributed by atoms with E-state index in [1.165, 1.54) is 6.07 Å². The van der Waals surface area contributed by atoms with Crippen LogP contribution in [0.5, 0.6) is 0 Å². The number of aliphatic hydroxyl groups is 1. The Morgan fingerprint density at radius 3 is 2.20 bits per heavy atom. The van der Waals surface area contributed by atoms with Gasteiger partial charge in [0.15, 0.2) is 0 Å². The molecule has 0 saturated heterocycles. The molecule has 1 aromatic carbocycles. The van der Waals surface area contributed by atoms with Gasteiger partial charge in [-0.15, -0.1) is 12.4 Å². The average molecular weight is 238 g/mol. The molecule has 0 aromatic heterocycles. The highest BCUT2D eigenvalue weighted by atomic mass is 35.5. The zero-order valence-electron chi connectivity index (χ0n) is 8.28. The van der Waals surface area contributed by atoms with Gasteiger partial charge < -0.3 is 10.8 Å². The number of nitrogens with two attached hydrogens (primary N) is 1. The minimum absolute atomic E-state index is 0. The lowest BCUT2D eigenvalue weighted by Gasteiger charge is -2.18. The highest BCUT2D eigenvalue weighted by molar-refractivity contribution is 5.85. The third-order valence-corrected chi connectivity index (χ3v) is 2.17. The second-order valence-corrected chi connectivity index (χ2v) is 3.14. The first-order valence-electron chi connectivity index (χ1n) is 4.45. The van der Waals surface area contributed by atoms with Gasteiger partial charge in [0.1, 0.15) is 11.6 Å². The summed E-state index contributed by atoms with van der Waals surface area (Å²) in [4.78, 5) is 0. The fourth-order valence-corrected chi connectivity index (χ4v) is 1.28. The first kappa shape index (κ1) is 14.3. The summed E-state index contributed by atoms with van der Waals surface area (Å²) in [6.07, 6.45) is -0.573. The van der Waals surface area contributed by atoms with E-state index in [1.807, 2.05) is 0 Å². The third-order valence-electron chi connectivity index (χ3n) is 2.17. The van der Waals surface area contributed by atoms with Gasteiger partial charge in [-0.2, -0.15) is 0 Å². The lowest BCUT2D eigenvalue weighted by atomic mass is 9.99. The van der Waals surface area contributed by atoms with Crippen molar-refractivity contribution in [2.75, 3.05) is 0 Å². The molecule has 0 aliphatic heterocycles. The third kappa shape index (κ3) is 3.12. The molecule has 3 N–H and O–H groups in total. The van der Waals surface area contributed by atoms with Crippen molar-refractivity contribution in [1.82, 2.24) is 0 Å². The number of hydrogen-bond acceptors (Lipinski definition) is 2. The molecule has 15 heavy (non-hydrogen) atoms. The Morgan fingerprint density at radius 2 is 1.80 bits per heavy atom. The van der Waals surface area contributed by atoms with Gasteiger partial charge in [-0.05, 0) is 18.6 Å². The Balaban J connectivity index is 0.00000196. The fourth-order valence-electron chi connectivity index (χ4n) is 1.28. The number of benzene rings is 1. The molecule has 2 nitrogen and oxygen atoms in total. The van der Waals surface area contributed by atoms with E-state index in [4.69, 9.17) is 5.73 Å².